The summed E-state index contributed by atoms with van der Waals surface area (Å²) in [6.07, 6.45) is 0. The maximum absolute atomic E-state index is 11.2. The summed E-state index contributed by atoms with van der Waals surface area (Å²) in [6, 6.07) is 15.3. The Kier molecular flexibility index (Phi) is 5.46. The van der Waals surface area contributed by atoms with E-state index < -0.39 is 0 Å². The van der Waals surface area contributed by atoms with Crippen LogP contribution in [0, 0.1) is 0 Å². The Hall–Kier alpha value is -2.95. The molecular formula is C21H23NO4. The molecule has 0 bridgehead atoms. The lowest BCUT2D eigenvalue weighted by atomic mass is 10.1. The van der Waals surface area contributed by atoms with Gasteiger partial charge in [0.1, 0.15) is 29.4 Å². The molecule has 1 N–H and O–H groups in total. The summed E-state index contributed by atoms with van der Waals surface area (Å²) in [6.45, 7) is 6.46. The summed E-state index contributed by atoms with van der Waals surface area (Å²) in [5.41, 5.74) is 1.84. The third kappa shape index (κ3) is 4.36. The highest BCUT2D eigenvalue weighted by Gasteiger charge is 2.12. The Morgan fingerprint density at radius 1 is 1.08 bits per heavy atom. The van der Waals surface area contributed by atoms with E-state index in [-0.39, 0.29) is 11.9 Å². The van der Waals surface area contributed by atoms with E-state index in [0.717, 1.165) is 33.8 Å². The molecule has 0 fully saturated rings. The van der Waals surface area contributed by atoms with Crippen LogP contribution in [-0.2, 0) is 11.4 Å². The van der Waals surface area contributed by atoms with E-state index in [0.29, 0.717) is 13.2 Å². The van der Waals surface area contributed by atoms with Crippen LogP contribution in [0.2, 0.25) is 0 Å². The lowest BCUT2D eigenvalue weighted by molar-refractivity contribution is -0.119. The predicted octanol–water partition coefficient (Wildman–Crippen LogP) is 4.61. The van der Waals surface area contributed by atoms with Gasteiger partial charge in [0.25, 0.3) is 0 Å². The summed E-state index contributed by atoms with van der Waals surface area (Å²) in [5, 5.41) is 3.82. The van der Waals surface area contributed by atoms with Crippen LogP contribution in [0.25, 0.3) is 11.0 Å². The minimum Gasteiger partial charge on any atom is -0.494 e. The van der Waals surface area contributed by atoms with Crippen LogP contribution in [-0.4, -0.2) is 12.5 Å². The highest BCUT2D eigenvalue weighted by atomic mass is 16.5. The number of rotatable bonds is 7. The van der Waals surface area contributed by atoms with Crippen LogP contribution < -0.4 is 14.8 Å². The first-order chi connectivity index (χ1) is 12.5. The second-order valence-electron chi connectivity index (χ2n) is 6.14. The van der Waals surface area contributed by atoms with Gasteiger partial charge in [0.2, 0.25) is 5.91 Å². The molecule has 0 aliphatic heterocycles. The van der Waals surface area contributed by atoms with E-state index in [2.05, 4.69) is 5.32 Å². The normalized spacial score (nSPS) is 12.0. The fraction of sp³-hybridized carbons (Fsp3) is 0.286. The van der Waals surface area contributed by atoms with Gasteiger partial charge < -0.3 is 19.2 Å². The first kappa shape index (κ1) is 17.9. The zero-order valence-corrected chi connectivity index (χ0v) is 15.2. The topological polar surface area (TPSA) is 60.7 Å². The maximum atomic E-state index is 11.2. The van der Waals surface area contributed by atoms with Gasteiger partial charge in [-0.15, -0.1) is 0 Å². The lowest BCUT2D eigenvalue weighted by Crippen LogP contribution is -2.23. The maximum Gasteiger partial charge on any atom is 0.217 e. The van der Waals surface area contributed by atoms with Crippen molar-refractivity contribution in [2.45, 2.75) is 33.4 Å². The van der Waals surface area contributed by atoms with Crippen molar-refractivity contribution >= 4 is 16.9 Å². The average molecular weight is 353 g/mol. The van der Waals surface area contributed by atoms with Gasteiger partial charge in [0.05, 0.1) is 12.6 Å². The monoisotopic (exact) mass is 353 g/mol. The molecule has 1 heterocycles. The van der Waals surface area contributed by atoms with Crippen molar-refractivity contribution in [3.05, 3.63) is 59.9 Å². The minimum atomic E-state index is -0.163. The van der Waals surface area contributed by atoms with E-state index in [1.165, 1.54) is 6.92 Å². The van der Waals surface area contributed by atoms with Crippen molar-refractivity contribution in [3.63, 3.8) is 0 Å². The second-order valence-corrected chi connectivity index (χ2v) is 6.14. The van der Waals surface area contributed by atoms with E-state index in [1.54, 1.807) is 0 Å². The molecule has 1 aromatic heterocycles. The van der Waals surface area contributed by atoms with Gasteiger partial charge in [-0.25, -0.2) is 0 Å². The first-order valence-electron chi connectivity index (χ1n) is 8.70. The number of ether oxygens (including phenoxy) is 2. The van der Waals surface area contributed by atoms with Crippen LogP contribution in [0.3, 0.4) is 0 Å². The molecule has 1 amide bonds. The van der Waals surface area contributed by atoms with Gasteiger partial charge in [-0.3, -0.25) is 4.79 Å². The Morgan fingerprint density at radius 3 is 2.42 bits per heavy atom. The number of benzene rings is 2. The molecule has 0 saturated carbocycles. The van der Waals surface area contributed by atoms with E-state index in [4.69, 9.17) is 13.9 Å². The number of carbonyl (C=O) groups is 1. The molecule has 5 heteroatoms. The summed E-state index contributed by atoms with van der Waals surface area (Å²) < 4.78 is 17.1. The number of fused-ring (bicyclic) bond motifs is 1. The van der Waals surface area contributed by atoms with Crippen LogP contribution in [0.5, 0.6) is 11.5 Å². The van der Waals surface area contributed by atoms with Crippen molar-refractivity contribution in [2.24, 2.45) is 0 Å². The van der Waals surface area contributed by atoms with Gasteiger partial charge in [0, 0.05) is 12.3 Å². The highest BCUT2D eigenvalue weighted by Crippen LogP contribution is 2.26. The molecular weight excluding hydrogens is 330 g/mol. The smallest absolute Gasteiger partial charge is 0.217 e. The van der Waals surface area contributed by atoms with Crippen molar-refractivity contribution in [1.82, 2.24) is 5.32 Å². The lowest BCUT2D eigenvalue weighted by Gasteiger charge is -2.08. The van der Waals surface area contributed by atoms with Crippen LogP contribution in [0.4, 0.5) is 0 Å². The quantitative estimate of drug-likeness (QED) is 0.674. The first-order valence-corrected chi connectivity index (χ1v) is 8.70. The van der Waals surface area contributed by atoms with E-state index >= 15 is 0 Å². The molecule has 3 rings (SSSR count). The molecule has 1 atom stereocenters. The van der Waals surface area contributed by atoms with Gasteiger partial charge >= 0.3 is 0 Å². The zero-order valence-electron chi connectivity index (χ0n) is 15.2. The summed E-state index contributed by atoms with van der Waals surface area (Å²) in [4.78, 5) is 11.2. The van der Waals surface area contributed by atoms with Crippen molar-refractivity contribution in [2.75, 3.05) is 6.61 Å². The number of nitrogens with one attached hydrogen (secondary N) is 1. The Labute approximate surface area is 152 Å². The van der Waals surface area contributed by atoms with Gasteiger partial charge in [-0.05, 0) is 61.9 Å². The second kappa shape index (κ2) is 7.95. The molecule has 3 aromatic rings. The molecule has 0 aliphatic rings. The Bertz CT molecular complexity index is 883. The number of carbonyl (C=O) groups excluding carboxylic acids is 1. The van der Waals surface area contributed by atoms with Gasteiger partial charge in [-0.1, -0.05) is 6.07 Å². The number of amides is 1. The molecule has 26 heavy (non-hydrogen) atoms. The number of furan rings is 1. The van der Waals surface area contributed by atoms with Gasteiger partial charge in [-0.2, -0.15) is 0 Å². The molecule has 1 unspecified atom stereocenters. The minimum absolute atomic E-state index is 0.0811. The van der Waals surface area contributed by atoms with Crippen LogP contribution in [0.1, 0.15) is 38.1 Å². The van der Waals surface area contributed by atoms with E-state index in [1.807, 2.05) is 62.4 Å². The van der Waals surface area contributed by atoms with E-state index in [9.17, 15) is 4.79 Å². The predicted molar refractivity (Wildman–Crippen MR) is 100 cm³/mol. The number of hydrogen-bond acceptors (Lipinski definition) is 4. The molecule has 136 valence electrons. The highest BCUT2D eigenvalue weighted by molar-refractivity contribution is 5.79. The number of hydrogen-bond donors (Lipinski definition) is 1. The third-order valence-corrected chi connectivity index (χ3v) is 3.99. The average Bonchev–Trinajstić information content (AvgIpc) is 3.04. The molecule has 2 aromatic carbocycles. The van der Waals surface area contributed by atoms with Crippen LogP contribution in [0.15, 0.2) is 52.9 Å². The van der Waals surface area contributed by atoms with Crippen LogP contribution >= 0.6 is 0 Å². The Morgan fingerprint density at radius 2 is 1.77 bits per heavy atom. The SMILES string of the molecule is CCOc1ccc(OCc2ccc3oc(C(C)NC(C)=O)cc3c2)cc1. The third-order valence-electron chi connectivity index (χ3n) is 3.99. The van der Waals surface area contributed by atoms with Crippen molar-refractivity contribution < 1.29 is 18.7 Å². The summed E-state index contributed by atoms with van der Waals surface area (Å²) >= 11 is 0. The molecule has 0 radical (unpaired) electrons. The van der Waals surface area contributed by atoms with Crippen molar-refractivity contribution in [3.8, 4) is 11.5 Å². The Balaban J connectivity index is 1.67. The van der Waals surface area contributed by atoms with Crippen molar-refractivity contribution in [1.29, 1.82) is 0 Å². The molecule has 0 saturated heterocycles. The summed E-state index contributed by atoms with van der Waals surface area (Å²) in [7, 11) is 0. The zero-order chi connectivity index (χ0) is 18.5. The fourth-order valence-electron chi connectivity index (χ4n) is 2.76. The standard InChI is InChI=1S/C21H23NO4/c1-4-24-18-6-8-19(9-7-18)25-13-16-5-10-20-17(11-16)12-21(26-20)14(2)22-15(3)23/h5-12,14H,4,13H2,1-3H3,(H,22,23). The molecule has 0 aliphatic carbocycles. The molecule has 0 spiro atoms. The largest absolute Gasteiger partial charge is 0.494 e. The molecule has 5 nitrogen and oxygen atoms in total. The summed E-state index contributed by atoms with van der Waals surface area (Å²) in [5.74, 6) is 2.28. The fourth-order valence-corrected chi connectivity index (χ4v) is 2.76. The van der Waals surface area contributed by atoms with Gasteiger partial charge in [0.15, 0.2) is 0 Å².